The Kier molecular flexibility index (Phi) is 4.81. The van der Waals surface area contributed by atoms with Crippen molar-refractivity contribution in [2.75, 3.05) is 24.6 Å². The van der Waals surface area contributed by atoms with Crippen molar-refractivity contribution in [3.8, 4) is 5.75 Å². The topological polar surface area (TPSA) is 78.9 Å². The fraction of sp³-hybridized carbons (Fsp3) is 0.333. The SMILES string of the molecule is C/C=C/CCNC(=O)N1CCOc2c(C(=O)O)cccc21. The quantitative estimate of drug-likeness (QED) is 0.658. The summed E-state index contributed by atoms with van der Waals surface area (Å²) >= 11 is 0. The highest BCUT2D eigenvalue weighted by atomic mass is 16.5. The lowest BCUT2D eigenvalue weighted by Crippen LogP contribution is -2.44. The van der Waals surface area contributed by atoms with Crippen LogP contribution in [0.15, 0.2) is 30.4 Å². The average Bonchev–Trinajstić information content (AvgIpc) is 2.50. The monoisotopic (exact) mass is 290 g/mol. The zero-order chi connectivity index (χ0) is 15.2. The molecule has 21 heavy (non-hydrogen) atoms. The van der Waals surface area contributed by atoms with Crippen LogP contribution in [-0.2, 0) is 0 Å². The van der Waals surface area contributed by atoms with Crippen molar-refractivity contribution in [1.29, 1.82) is 0 Å². The third-order valence-electron chi connectivity index (χ3n) is 3.14. The van der Waals surface area contributed by atoms with Crippen molar-refractivity contribution in [2.24, 2.45) is 0 Å². The van der Waals surface area contributed by atoms with E-state index in [9.17, 15) is 9.59 Å². The van der Waals surface area contributed by atoms with Gasteiger partial charge in [0, 0.05) is 6.54 Å². The number of carboxylic acids is 1. The molecular weight excluding hydrogens is 272 g/mol. The van der Waals surface area contributed by atoms with Gasteiger partial charge in [0.05, 0.1) is 12.2 Å². The van der Waals surface area contributed by atoms with Crippen LogP contribution in [0.5, 0.6) is 5.75 Å². The summed E-state index contributed by atoms with van der Waals surface area (Å²) in [6.45, 7) is 3.13. The summed E-state index contributed by atoms with van der Waals surface area (Å²) in [5, 5.41) is 12.0. The molecule has 0 unspecified atom stereocenters. The largest absolute Gasteiger partial charge is 0.489 e. The Labute approximate surface area is 123 Å². The predicted octanol–water partition coefficient (Wildman–Crippen LogP) is 2.26. The molecule has 0 saturated carbocycles. The number of benzene rings is 1. The van der Waals surface area contributed by atoms with E-state index in [1.54, 1.807) is 12.1 Å². The molecule has 6 nitrogen and oxygen atoms in total. The fourth-order valence-corrected chi connectivity index (χ4v) is 2.15. The zero-order valence-electron chi connectivity index (χ0n) is 11.8. The average molecular weight is 290 g/mol. The third kappa shape index (κ3) is 3.34. The van der Waals surface area contributed by atoms with Gasteiger partial charge in [-0.05, 0) is 25.5 Å². The van der Waals surface area contributed by atoms with Gasteiger partial charge in [-0.25, -0.2) is 9.59 Å². The summed E-state index contributed by atoms with van der Waals surface area (Å²) < 4.78 is 5.43. The van der Waals surface area contributed by atoms with Crippen molar-refractivity contribution in [1.82, 2.24) is 5.32 Å². The number of nitrogens with zero attached hydrogens (tertiary/aromatic N) is 1. The highest BCUT2D eigenvalue weighted by molar-refractivity contribution is 5.99. The van der Waals surface area contributed by atoms with Gasteiger partial charge in [0.25, 0.3) is 0 Å². The van der Waals surface area contributed by atoms with Gasteiger partial charge < -0.3 is 15.2 Å². The van der Waals surface area contributed by atoms with Crippen molar-refractivity contribution < 1.29 is 19.4 Å². The van der Waals surface area contributed by atoms with Crippen LogP contribution in [-0.4, -0.2) is 36.8 Å². The molecule has 0 aromatic heterocycles. The molecule has 1 aromatic rings. The molecule has 2 amide bonds. The number of carbonyl (C=O) groups excluding carboxylic acids is 1. The number of anilines is 1. The number of amides is 2. The second kappa shape index (κ2) is 6.78. The molecule has 0 bridgehead atoms. The zero-order valence-corrected chi connectivity index (χ0v) is 11.8. The summed E-state index contributed by atoms with van der Waals surface area (Å²) in [6.07, 6.45) is 4.65. The smallest absolute Gasteiger partial charge is 0.339 e. The minimum absolute atomic E-state index is 0.0684. The van der Waals surface area contributed by atoms with Gasteiger partial charge in [-0.1, -0.05) is 18.2 Å². The minimum atomic E-state index is -1.07. The maximum atomic E-state index is 12.2. The first kappa shape index (κ1) is 14.9. The number of rotatable bonds is 4. The molecule has 6 heteroatoms. The Hall–Kier alpha value is -2.50. The summed E-state index contributed by atoms with van der Waals surface area (Å²) in [7, 11) is 0. The number of fused-ring (bicyclic) bond motifs is 1. The van der Waals surface area contributed by atoms with Gasteiger partial charge in [0.2, 0.25) is 0 Å². The number of hydrogen-bond donors (Lipinski definition) is 2. The Balaban J connectivity index is 2.16. The molecule has 0 saturated heterocycles. The van der Waals surface area contributed by atoms with Gasteiger partial charge in [0.1, 0.15) is 12.2 Å². The highest BCUT2D eigenvalue weighted by Gasteiger charge is 2.27. The first-order valence-electron chi connectivity index (χ1n) is 6.80. The first-order valence-corrected chi connectivity index (χ1v) is 6.80. The van der Waals surface area contributed by atoms with Crippen LogP contribution in [0.3, 0.4) is 0 Å². The number of allylic oxidation sites excluding steroid dienone is 1. The van der Waals surface area contributed by atoms with Gasteiger partial charge in [-0.2, -0.15) is 0 Å². The lowest BCUT2D eigenvalue weighted by atomic mass is 10.1. The Bertz CT molecular complexity index is 569. The minimum Gasteiger partial charge on any atom is -0.489 e. The van der Waals surface area contributed by atoms with Gasteiger partial charge in [-0.3, -0.25) is 4.90 Å². The van der Waals surface area contributed by atoms with E-state index < -0.39 is 5.97 Å². The molecular formula is C15H18N2O4. The van der Waals surface area contributed by atoms with Gasteiger partial charge in [-0.15, -0.1) is 0 Å². The Morgan fingerprint density at radius 1 is 1.48 bits per heavy atom. The molecule has 1 aliphatic heterocycles. The van der Waals surface area contributed by atoms with Crippen molar-refractivity contribution in [2.45, 2.75) is 13.3 Å². The number of nitrogens with one attached hydrogen (secondary N) is 1. The summed E-state index contributed by atoms with van der Waals surface area (Å²) in [5.74, 6) is -0.818. The molecule has 2 N–H and O–H groups in total. The molecule has 1 heterocycles. The van der Waals surface area contributed by atoms with Crippen LogP contribution in [0.4, 0.5) is 10.5 Å². The second-order valence-electron chi connectivity index (χ2n) is 4.55. The summed E-state index contributed by atoms with van der Waals surface area (Å²) in [6, 6.07) is 4.52. The van der Waals surface area contributed by atoms with E-state index in [1.165, 1.54) is 11.0 Å². The highest BCUT2D eigenvalue weighted by Crippen LogP contribution is 2.34. The first-order chi connectivity index (χ1) is 10.1. The molecule has 1 aromatic carbocycles. The number of urea groups is 1. The molecule has 112 valence electrons. The number of aromatic carboxylic acids is 1. The molecule has 0 fully saturated rings. The summed E-state index contributed by atoms with van der Waals surface area (Å²) in [5.41, 5.74) is 0.559. The van der Waals surface area contributed by atoms with Crippen LogP contribution >= 0.6 is 0 Å². The van der Waals surface area contributed by atoms with E-state index in [4.69, 9.17) is 9.84 Å². The van der Waals surface area contributed by atoms with Crippen molar-refractivity contribution >= 4 is 17.7 Å². The number of ether oxygens (including phenoxy) is 1. The number of hydrogen-bond acceptors (Lipinski definition) is 3. The van der Waals surface area contributed by atoms with Crippen LogP contribution in [0.2, 0.25) is 0 Å². The third-order valence-corrected chi connectivity index (χ3v) is 3.14. The predicted molar refractivity (Wildman–Crippen MR) is 79.1 cm³/mol. The summed E-state index contributed by atoms with van der Waals surface area (Å²) in [4.78, 5) is 24.9. The molecule has 0 radical (unpaired) electrons. The van der Waals surface area contributed by atoms with Gasteiger partial charge >= 0.3 is 12.0 Å². The second-order valence-corrected chi connectivity index (χ2v) is 4.55. The van der Waals surface area contributed by atoms with Gasteiger partial charge in [0.15, 0.2) is 5.75 Å². The number of carbonyl (C=O) groups is 2. The molecule has 0 spiro atoms. The van der Waals surface area contributed by atoms with Crippen molar-refractivity contribution in [3.05, 3.63) is 35.9 Å². The van der Waals surface area contributed by atoms with Crippen LogP contribution in [0.1, 0.15) is 23.7 Å². The molecule has 0 aliphatic carbocycles. The molecule has 1 aliphatic rings. The standard InChI is InChI=1S/C15H18N2O4/c1-2-3-4-8-16-15(20)17-9-10-21-13-11(14(18)19)6-5-7-12(13)17/h2-3,5-7H,4,8-10H2,1H3,(H,16,20)(H,18,19)/b3-2+. The van der Waals surface area contributed by atoms with Crippen LogP contribution in [0, 0.1) is 0 Å². The lowest BCUT2D eigenvalue weighted by molar-refractivity contribution is 0.0692. The fourth-order valence-electron chi connectivity index (χ4n) is 2.15. The molecule has 2 rings (SSSR count). The lowest BCUT2D eigenvalue weighted by Gasteiger charge is -2.30. The maximum absolute atomic E-state index is 12.2. The van der Waals surface area contributed by atoms with E-state index in [2.05, 4.69) is 5.32 Å². The van der Waals surface area contributed by atoms with Crippen molar-refractivity contribution in [3.63, 3.8) is 0 Å². The number of para-hydroxylation sites is 1. The Morgan fingerprint density at radius 3 is 3.00 bits per heavy atom. The normalized spacial score (nSPS) is 13.7. The van der Waals surface area contributed by atoms with E-state index in [1.807, 2.05) is 19.1 Å². The van der Waals surface area contributed by atoms with E-state index in [0.717, 1.165) is 6.42 Å². The van der Waals surface area contributed by atoms with E-state index in [-0.39, 0.29) is 24.0 Å². The maximum Gasteiger partial charge on any atom is 0.339 e. The van der Waals surface area contributed by atoms with E-state index >= 15 is 0 Å². The van der Waals surface area contributed by atoms with Crippen LogP contribution in [0.25, 0.3) is 0 Å². The van der Waals surface area contributed by atoms with E-state index in [0.29, 0.717) is 18.8 Å². The Morgan fingerprint density at radius 2 is 2.29 bits per heavy atom. The number of carboxylic acid groups (broad SMARTS) is 1. The van der Waals surface area contributed by atoms with Crippen LogP contribution < -0.4 is 15.0 Å². The molecule has 0 atom stereocenters.